The lowest BCUT2D eigenvalue weighted by molar-refractivity contribution is 0.0792. The Morgan fingerprint density at radius 2 is 1.81 bits per heavy atom. The fraction of sp³-hybridized carbons (Fsp3) is 0.300. The molecule has 0 heterocycles. The maximum absolute atomic E-state index is 11.6. The zero-order valence-corrected chi connectivity index (χ0v) is 10.6. The van der Waals surface area contributed by atoms with E-state index in [0.717, 1.165) is 5.56 Å². The van der Waals surface area contributed by atoms with Gasteiger partial charge in [-0.15, -0.1) is 0 Å². The molecule has 0 bridgehead atoms. The Morgan fingerprint density at radius 3 is 2.25 bits per heavy atom. The normalized spacial score (nSPS) is 13.3. The molecular weight excluding hydrogens is 272 g/mol. The van der Waals surface area contributed by atoms with Gasteiger partial charge in [0.05, 0.1) is 0 Å². The predicted molar refractivity (Wildman–Crippen MR) is 64.9 cm³/mol. The highest BCUT2D eigenvalue weighted by atomic mass is 35.6. The SMILES string of the molecule is Cc1ccc(C(=O)N[C@H](O)C(Cl)(Cl)Cl)cc1. The van der Waals surface area contributed by atoms with Gasteiger partial charge in [-0.1, -0.05) is 52.5 Å². The van der Waals surface area contributed by atoms with Crippen molar-refractivity contribution in [3.8, 4) is 0 Å². The summed E-state index contributed by atoms with van der Waals surface area (Å²) in [6.07, 6.45) is -1.55. The fourth-order valence-electron chi connectivity index (χ4n) is 0.994. The minimum absolute atomic E-state index is 0.388. The van der Waals surface area contributed by atoms with Gasteiger partial charge in [-0.05, 0) is 19.1 Å². The van der Waals surface area contributed by atoms with Crippen LogP contribution in [0.15, 0.2) is 24.3 Å². The quantitative estimate of drug-likeness (QED) is 0.646. The number of rotatable bonds is 2. The number of aryl methyl sites for hydroxylation is 1. The van der Waals surface area contributed by atoms with Gasteiger partial charge in [-0.3, -0.25) is 4.79 Å². The van der Waals surface area contributed by atoms with Crippen LogP contribution in [-0.4, -0.2) is 21.0 Å². The van der Waals surface area contributed by atoms with E-state index in [1.807, 2.05) is 6.92 Å². The van der Waals surface area contributed by atoms with E-state index in [4.69, 9.17) is 34.8 Å². The molecule has 16 heavy (non-hydrogen) atoms. The summed E-state index contributed by atoms with van der Waals surface area (Å²) in [4.78, 5) is 11.6. The molecule has 1 rings (SSSR count). The van der Waals surface area contributed by atoms with Crippen LogP contribution in [0.2, 0.25) is 0 Å². The van der Waals surface area contributed by atoms with Gasteiger partial charge in [-0.25, -0.2) is 0 Å². The van der Waals surface area contributed by atoms with Gasteiger partial charge in [0.2, 0.25) is 3.79 Å². The molecule has 88 valence electrons. The number of alkyl halides is 3. The molecule has 0 saturated carbocycles. The predicted octanol–water partition coefficient (Wildman–Crippen LogP) is 2.41. The van der Waals surface area contributed by atoms with Crippen molar-refractivity contribution in [2.45, 2.75) is 16.9 Å². The van der Waals surface area contributed by atoms with Gasteiger partial charge in [0, 0.05) is 5.56 Å². The van der Waals surface area contributed by atoms with Crippen LogP contribution in [0.4, 0.5) is 0 Å². The maximum atomic E-state index is 11.6. The van der Waals surface area contributed by atoms with Crippen LogP contribution in [0.5, 0.6) is 0 Å². The van der Waals surface area contributed by atoms with Crippen molar-refractivity contribution in [2.75, 3.05) is 0 Å². The first-order valence-corrected chi connectivity index (χ1v) is 5.56. The lowest BCUT2D eigenvalue weighted by Crippen LogP contribution is -2.43. The third-order valence-electron chi connectivity index (χ3n) is 1.89. The fourth-order valence-corrected chi connectivity index (χ4v) is 1.16. The van der Waals surface area contributed by atoms with Gasteiger partial charge in [0.15, 0.2) is 6.23 Å². The summed E-state index contributed by atoms with van der Waals surface area (Å²) >= 11 is 16.2. The summed E-state index contributed by atoms with van der Waals surface area (Å²) < 4.78 is -1.94. The van der Waals surface area contributed by atoms with Crippen molar-refractivity contribution in [3.63, 3.8) is 0 Å². The number of nitrogens with one attached hydrogen (secondary N) is 1. The number of hydrogen-bond acceptors (Lipinski definition) is 2. The molecular formula is C10H10Cl3NO2. The number of aliphatic hydroxyl groups is 1. The summed E-state index contributed by atoms with van der Waals surface area (Å²) in [5.41, 5.74) is 1.41. The molecule has 0 aliphatic carbocycles. The largest absolute Gasteiger partial charge is 0.369 e. The number of halogens is 3. The van der Waals surface area contributed by atoms with Crippen LogP contribution in [-0.2, 0) is 0 Å². The van der Waals surface area contributed by atoms with Crippen LogP contribution < -0.4 is 5.32 Å². The van der Waals surface area contributed by atoms with Crippen molar-refractivity contribution in [1.29, 1.82) is 0 Å². The van der Waals surface area contributed by atoms with Crippen LogP contribution in [0.3, 0.4) is 0 Å². The monoisotopic (exact) mass is 281 g/mol. The van der Waals surface area contributed by atoms with Crippen molar-refractivity contribution in [1.82, 2.24) is 5.32 Å². The van der Waals surface area contributed by atoms with Crippen molar-refractivity contribution >= 4 is 40.7 Å². The Morgan fingerprint density at radius 1 is 1.31 bits per heavy atom. The second kappa shape index (κ2) is 5.23. The minimum Gasteiger partial charge on any atom is -0.369 e. The number of carbonyl (C=O) groups is 1. The lowest BCUT2D eigenvalue weighted by Gasteiger charge is -2.19. The molecule has 0 aliphatic heterocycles. The Kier molecular flexibility index (Phi) is 4.44. The first-order chi connectivity index (χ1) is 7.30. The van der Waals surface area contributed by atoms with E-state index in [0.29, 0.717) is 5.56 Å². The van der Waals surface area contributed by atoms with E-state index >= 15 is 0 Å². The zero-order chi connectivity index (χ0) is 12.3. The molecule has 0 aromatic heterocycles. The zero-order valence-electron chi connectivity index (χ0n) is 8.38. The molecule has 1 amide bonds. The molecule has 0 fully saturated rings. The first kappa shape index (κ1) is 13.6. The summed E-state index contributed by atoms with van der Waals surface area (Å²) in [7, 11) is 0. The molecule has 2 N–H and O–H groups in total. The molecule has 0 spiro atoms. The van der Waals surface area contributed by atoms with Gasteiger partial charge in [0.25, 0.3) is 5.91 Å². The molecule has 0 aliphatic rings. The Bertz CT molecular complexity index is 373. The highest BCUT2D eigenvalue weighted by Gasteiger charge is 2.32. The molecule has 6 heteroatoms. The van der Waals surface area contributed by atoms with E-state index in [9.17, 15) is 9.90 Å². The van der Waals surface area contributed by atoms with Crippen LogP contribution in [0, 0.1) is 6.92 Å². The highest BCUT2D eigenvalue weighted by Crippen LogP contribution is 2.28. The number of hydrogen-bond donors (Lipinski definition) is 2. The average Bonchev–Trinajstić information content (AvgIpc) is 2.17. The molecule has 1 aromatic carbocycles. The molecule has 1 atom stereocenters. The van der Waals surface area contributed by atoms with Gasteiger partial charge in [0.1, 0.15) is 0 Å². The second-order valence-electron chi connectivity index (χ2n) is 3.28. The van der Waals surface area contributed by atoms with Crippen molar-refractivity contribution in [3.05, 3.63) is 35.4 Å². The number of amides is 1. The topological polar surface area (TPSA) is 49.3 Å². The molecule has 0 radical (unpaired) electrons. The summed E-state index contributed by atoms with van der Waals surface area (Å²) in [5, 5.41) is 11.5. The Labute approximate surface area is 108 Å². The van der Waals surface area contributed by atoms with Gasteiger partial charge in [-0.2, -0.15) is 0 Å². The Hall–Kier alpha value is -0.480. The third-order valence-corrected chi connectivity index (χ3v) is 2.51. The van der Waals surface area contributed by atoms with E-state index < -0.39 is 15.9 Å². The van der Waals surface area contributed by atoms with E-state index in [-0.39, 0.29) is 0 Å². The van der Waals surface area contributed by atoms with Crippen LogP contribution in [0.25, 0.3) is 0 Å². The molecule has 3 nitrogen and oxygen atoms in total. The van der Waals surface area contributed by atoms with Gasteiger partial charge < -0.3 is 10.4 Å². The standard InChI is InChI=1S/C10H10Cl3NO2/c1-6-2-4-7(5-3-6)8(15)14-9(16)10(11,12)13/h2-5,9,16H,1H3,(H,14,15)/t9-/m1/s1. The average molecular weight is 283 g/mol. The molecule has 0 unspecified atom stereocenters. The molecule has 0 saturated heterocycles. The highest BCUT2D eigenvalue weighted by molar-refractivity contribution is 6.68. The van der Waals surface area contributed by atoms with E-state index in [1.165, 1.54) is 0 Å². The van der Waals surface area contributed by atoms with E-state index in [1.54, 1.807) is 24.3 Å². The third kappa shape index (κ3) is 3.83. The number of carbonyl (C=O) groups excluding carboxylic acids is 1. The lowest BCUT2D eigenvalue weighted by atomic mass is 10.1. The number of aliphatic hydroxyl groups excluding tert-OH is 1. The second-order valence-corrected chi connectivity index (χ2v) is 5.65. The van der Waals surface area contributed by atoms with Crippen molar-refractivity contribution in [2.24, 2.45) is 0 Å². The smallest absolute Gasteiger partial charge is 0.253 e. The van der Waals surface area contributed by atoms with Gasteiger partial charge >= 0.3 is 0 Å². The minimum atomic E-state index is -1.94. The van der Waals surface area contributed by atoms with Crippen LogP contribution >= 0.6 is 34.8 Å². The molecule has 1 aromatic rings. The van der Waals surface area contributed by atoms with Crippen LogP contribution in [0.1, 0.15) is 15.9 Å². The number of benzene rings is 1. The van der Waals surface area contributed by atoms with Crippen molar-refractivity contribution < 1.29 is 9.90 Å². The maximum Gasteiger partial charge on any atom is 0.253 e. The van der Waals surface area contributed by atoms with E-state index in [2.05, 4.69) is 5.32 Å². The Balaban J connectivity index is 2.70. The summed E-state index contributed by atoms with van der Waals surface area (Å²) in [6, 6.07) is 6.79. The summed E-state index contributed by atoms with van der Waals surface area (Å²) in [6.45, 7) is 1.90. The summed E-state index contributed by atoms with van der Waals surface area (Å²) in [5.74, 6) is -0.501. The first-order valence-electron chi connectivity index (χ1n) is 4.43.